The minimum atomic E-state index is -0.202. The predicted molar refractivity (Wildman–Crippen MR) is 91.2 cm³/mol. The third-order valence-electron chi connectivity index (χ3n) is 4.95. The van der Waals surface area contributed by atoms with E-state index in [1.54, 1.807) is 6.33 Å². The lowest BCUT2D eigenvalue weighted by molar-refractivity contribution is 0.0732. The average Bonchev–Trinajstić information content (AvgIpc) is 2.60. The van der Waals surface area contributed by atoms with Crippen LogP contribution in [-0.2, 0) is 0 Å². The molecule has 0 atom stereocenters. The lowest BCUT2D eigenvalue weighted by Crippen LogP contribution is -2.30. The fourth-order valence-corrected chi connectivity index (χ4v) is 3.39. The van der Waals surface area contributed by atoms with Gasteiger partial charge in [0.05, 0.1) is 6.10 Å². The Bertz CT molecular complexity index is 753. The summed E-state index contributed by atoms with van der Waals surface area (Å²) in [5, 5.41) is 9.47. The molecule has 1 aromatic heterocycles. The molecule has 24 heavy (non-hydrogen) atoms. The summed E-state index contributed by atoms with van der Waals surface area (Å²) in [7, 11) is 0. The molecule has 1 saturated carbocycles. The molecule has 0 spiro atoms. The number of aliphatic hydroxyl groups is 1. The molecule has 4 nitrogen and oxygen atoms in total. The van der Waals surface area contributed by atoms with Crippen molar-refractivity contribution in [3.8, 4) is 0 Å². The molecular weight excluding hydrogens is 305 g/mol. The van der Waals surface area contributed by atoms with Crippen LogP contribution in [0.2, 0.25) is 0 Å². The molecule has 124 valence electrons. The van der Waals surface area contributed by atoms with E-state index in [1.807, 2.05) is 18.2 Å². The number of anilines is 1. The second-order valence-electron chi connectivity index (χ2n) is 6.56. The van der Waals surface area contributed by atoms with Crippen molar-refractivity contribution in [2.75, 3.05) is 18.0 Å². The second-order valence-corrected chi connectivity index (χ2v) is 6.56. The van der Waals surface area contributed by atoms with Crippen LogP contribution in [0.25, 0.3) is 5.57 Å². The average molecular weight is 325 g/mol. The van der Waals surface area contributed by atoms with Crippen LogP contribution in [-0.4, -0.2) is 34.3 Å². The predicted octanol–water partition coefficient (Wildman–Crippen LogP) is 3.15. The van der Waals surface area contributed by atoms with E-state index in [4.69, 9.17) is 0 Å². The summed E-state index contributed by atoms with van der Waals surface area (Å²) in [6, 6.07) is 8.73. The number of hydrogen-bond acceptors (Lipinski definition) is 4. The molecule has 0 radical (unpaired) electrons. The largest absolute Gasteiger partial charge is 0.393 e. The Morgan fingerprint density at radius 2 is 1.92 bits per heavy atom. The fraction of sp³-hybridized carbons (Fsp3) is 0.368. The maximum absolute atomic E-state index is 13.0. The van der Waals surface area contributed by atoms with Crippen LogP contribution in [0, 0.1) is 5.82 Å². The number of halogens is 1. The molecule has 1 aliphatic heterocycles. The Labute approximate surface area is 140 Å². The van der Waals surface area contributed by atoms with E-state index >= 15 is 0 Å². The van der Waals surface area contributed by atoms with E-state index in [0.717, 1.165) is 49.4 Å². The van der Waals surface area contributed by atoms with Gasteiger partial charge in [-0.25, -0.2) is 14.4 Å². The zero-order chi connectivity index (χ0) is 16.5. The molecule has 1 N–H and O–H groups in total. The molecule has 2 aromatic rings. The Morgan fingerprint density at radius 1 is 1.12 bits per heavy atom. The van der Waals surface area contributed by atoms with Gasteiger partial charge < -0.3 is 10.0 Å². The van der Waals surface area contributed by atoms with Crippen molar-refractivity contribution in [3.05, 3.63) is 59.8 Å². The van der Waals surface area contributed by atoms with Gasteiger partial charge in [-0.2, -0.15) is 0 Å². The Kier molecular flexibility index (Phi) is 4.02. The van der Waals surface area contributed by atoms with Crippen molar-refractivity contribution in [2.24, 2.45) is 0 Å². The van der Waals surface area contributed by atoms with E-state index in [9.17, 15) is 9.50 Å². The number of rotatable bonds is 3. The minimum absolute atomic E-state index is 0.176. The highest BCUT2D eigenvalue weighted by molar-refractivity contribution is 5.68. The van der Waals surface area contributed by atoms with Crippen molar-refractivity contribution >= 4 is 11.4 Å². The number of nitrogens with zero attached hydrogens (tertiary/aromatic N) is 3. The van der Waals surface area contributed by atoms with E-state index < -0.39 is 0 Å². The topological polar surface area (TPSA) is 49.2 Å². The maximum Gasteiger partial charge on any atom is 0.132 e. The van der Waals surface area contributed by atoms with Crippen molar-refractivity contribution in [1.29, 1.82) is 0 Å². The zero-order valence-electron chi connectivity index (χ0n) is 13.4. The van der Waals surface area contributed by atoms with Gasteiger partial charge >= 0.3 is 0 Å². The molecule has 1 aromatic carbocycles. The zero-order valence-corrected chi connectivity index (χ0v) is 13.4. The summed E-state index contributed by atoms with van der Waals surface area (Å²) in [5.41, 5.74) is 3.36. The third kappa shape index (κ3) is 3.04. The Hall–Kier alpha value is -2.27. The van der Waals surface area contributed by atoms with Gasteiger partial charge in [0.1, 0.15) is 18.0 Å². The summed E-state index contributed by atoms with van der Waals surface area (Å²) in [5.74, 6) is 1.10. The van der Waals surface area contributed by atoms with Crippen molar-refractivity contribution < 1.29 is 9.50 Å². The normalized spacial score (nSPS) is 23.6. The standard InChI is InChI=1S/C19H20FN3O/c20-16-3-1-13(2-4-16)14-5-7-23(8-6-14)19-11-18(21-12-22-19)15-9-17(24)10-15/h1-5,11-12,15,17,24H,6-10H2. The van der Waals surface area contributed by atoms with Gasteiger partial charge in [0.15, 0.2) is 0 Å². The smallest absolute Gasteiger partial charge is 0.132 e. The summed E-state index contributed by atoms with van der Waals surface area (Å²) >= 11 is 0. The number of aromatic nitrogens is 2. The number of benzene rings is 1. The van der Waals surface area contributed by atoms with Gasteiger partial charge in [-0.3, -0.25) is 0 Å². The second kappa shape index (κ2) is 6.32. The van der Waals surface area contributed by atoms with E-state index in [-0.39, 0.29) is 11.9 Å². The molecule has 0 bridgehead atoms. The highest BCUT2D eigenvalue weighted by atomic mass is 19.1. The first-order valence-electron chi connectivity index (χ1n) is 8.39. The van der Waals surface area contributed by atoms with Crippen LogP contribution in [0.4, 0.5) is 10.2 Å². The third-order valence-corrected chi connectivity index (χ3v) is 4.95. The first-order chi connectivity index (χ1) is 11.7. The first-order valence-corrected chi connectivity index (χ1v) is 8.39. The SMILES string of the molecule is OC1CC(c2cc(N3CC=C(c4ccc(F)cc4)CC3)ncn2)C1. The maximum atomic E-state index is 13.0. The summed E-state index contributed by atoms with van der Waals surface area (Å²) in [6.45, 7) is 1.67. The monoisotopic (exact) mass is 325 g/mol. The van der Waals surface area contributed by atoms with Gasteiger partial charge in [-0.05, 0) is 42.5 Å². The highest BCUT2D eigenvalue weighted by Gasteiger charge is 2.30. The Balaban J connectivity index is 1.47. The Morgan fingerprint density at radius 3 is 2.58 bits per heavy atom. The first kappa shape index (κ1) is 15.3. The molecule has 0 saturated heterocycles. The van der Waals surface area contributed by atoms with E-state index in [1.165, 1.54) is 17.7 Å². The molecule has 2 heterocycles. The highest BCUT2D eigenvalue weighted by Crippen LogP contribution is 2.36. The van der Waals surface area contributed by atoms with Crippen LogP contribution in [0.5, 0.6) is 0 Å². The lowest BCUT2D eigenvalue weighted by Gasteiger charge is -2.32. The van der Waals surface area contributed by atoms with Crippen molar-refractivity contribution in [3.63, 3.8) is 0 Å². The van der Waals surface area contributed by atoms with Crippen molar-refractivity contribution in [2.45, 2.75) is 31.3 Å². The van der Waals surface area contributed by atoms with Crippen LogP contribution in [0.15, 0.2) is 42.7 Å². The van der Waals surface area contributed by atoms with Gasteiger partial charge in [0.2, 0.25) is 0 Å². The van der Waals surface area contributed by atoms with Crippen LogP contribution in [0.1, 0.15) is 36.4 Å². The summed E-state index contributed by atoms with van der Waals surface area (Å²) in [4.78, 5) is 11.0. The fourth-order valence-electron chi connectivity index (χ4n) is 3.39. The molecular formula is C19H20FN3O. The van der Waals surface area contributed by atoms with Crippen LogP contribution in [0.3, 0.4) is 0 Å². The molecule has 0 unspecified atom stereocenters. The van der Waals surface area contributed by atoms with E-state index in [2.05, 4.69) is 20.9 Å². The molecule has 5 heteroatoms. The van der Waals surface area contributed by atoms with Crippen LogP contribution >= 0.6 is 0 Å². The number of aliphatic hydroxyl groups excluding tert-OH is 1. The van der Waals surface area contributed by atoms with Crippen LogP contribution < -0.4 is 4.90 Å². The summed E-state index contributed by atoms with van der Waals surface area (Å²) < 4.78 is 13.0. The number of hydrogen-bond donors (Lipinski definition) is 1. The molecule has 2 aliphatic rings. The molecule has 1 fully saturated rings. The minimum Gasteiger partial charge on any atom is -0.393 e. The van der Waals surface area contributed by atoms with Gasteiger partial charge in [-0.1, -0.05) is 18.2 Å². The van der Waals surface area contributed by atoms with Gasteiger partial charge in [0.25, 0.3) is 0 Å². The van der Waals surface area contributed by atoms with Gasteiger partial charge in [0, 0.05) is 30.8 Å². The molecule has 1 aliphatic carbocycles. The van der Waals surface area contributed by atoms with Gasteiger partial charge in [-0.15, -0.1) is 0 Å². The van der Waals surface area contributed by atoms with E-state index in [0.29, 0.717) is 5.92 Å². The van der Waals surface area contributed by atoms with Crippen molar-refractivity contribution in [1.82, 2.24) is 9.97 Å². The lowest BCUT2D eigenvalue weighted by atomic mass is 9.80. The summed E-state index contributed by atoms with van der Waals surface area (Å²) in [6.07, 6.45) is 6.13. The molecule has 0 amide bonds. The quantitative estimate of drug-likeness (QED) is 0.942. The molecule has 4 rings (SSSR count).